The fourth-order valence-electron chi connectivity index (χ4n) is 5.06. The minimum atomic E-state index is -3.86. The molecule has 0 bridgehead atoms. The Morgan fingerprint density at radius 1 is 1.05 bits per heavy atom. The fraction of sp³-hybridized carbons (Fsp3) is 0.519. The molecular formula is C27H37N9O5S. The van der Waals surface area contributed by atoms with Gasteiger partial charge in [-0.05, 0) is 19.0 Å². The van der Waals surface area contributed by atoms with Gasteiger partial charge < -0.3 is 18.9 Å². The zero-order chi connectivity index (χ0) is 30.0. The van der Waals surface area contributed by atoms with Crippen LogP contribution in [0, 0.1) is 0 Å². The van der Waals surface area contributed by atoms with E-state index in [1.807, 2.05) is 14.0 Å². The highest BCUT2D eigenvalue weighted by atomic mass is 32.2. The standard InChI is InChI=1S/C27H37N9O5S/c1-6-8-21-22-23(36(31-21)27-28-9-10-32(27)3)26(37)33(4)24(30-22)20-17-19(18-29-25(20)41-16-15-40-5)42(38,39)35-13-11-34(7-2)12-14-35/h9-10,17-18H,6-8,11-16H2,1-5H3. The number of fused-ring (bicyclic) bond motifs is 1. The molecular weight excluding hydrogens is 562 g/mol. The molecule has 4 aromatic rings. The van der Waals surface area contributed by atoms with Crippen LogP contribution in [0.4, 0.5) is 0 Å². The molecule has 0 atom stereocenters. The van der Waals surface area contributed by atoms with Crippen LogP contribution in [0.2, 0.25) is 0 Å². The number of methoxy groups -OCH3 is 1. The first-order chi connectivity index (χ1) is 20.2. The van der Waals surface area contributed by atoms with Crippen LogP contribution in [-0.4, -0.2) is 105 Å². The summed E-state index contributed by atoms with van der Waals surface area (Å²) < 4.78 is 44.6. The minimum absolute atomic E-state index is 0.00775. The maximum absolute atomic E-state index is 13.9. The number of rotatable bonds is 11. The van der Waals surface area contributed by atoms with Crippen molar-refractivity contribution in [3.05, 3.63) is 40.7 Å². The summed E-state index contributed by atoms with van der Waals surface area (Å²) in [6.07, 6.45) is 6.08. The molecule has 0 aromatic carbocycles. The van der Waals surface area contributed by atoms with E-state index >= 15 is 0 Å². The van der Waals surface area contributed by atoms with Gasteiger partial charge in [0.15, 0.2) is 5.52 Å². The largest absolute Gasteiger partial charge is 0.475 e. The Morgan fingerprint density at radius 2 is 1.81 bits per heavy atom. The third-order valence-corrected chi connectivity index (χ3v) is 9.32. The maximum atomic E-state index is 13.9. The summed E-state index contributed by atoms with van der Waals surface area (Å²) in [5, 5.41) is 4.72. The summed E-state index contributed by atoms with van der Waals surface area (Å²) in [7, 11) is 1.11. The molecule has 5 rings (SSSR count). The van der Waals surface area contributed by atoms with Gasteiger partial charge in [0.1, 0.15) is 22.8 Å². The van der Waals surface area contributed by atoms with Crippen LogP contribution in [0.15, 0.2) is 34.3 Å². The molecule has 0 aliphatic carbocycles. The van der Waals surface area contributed by atoms with Crippen LogP contribution in [0.25, 0.3) is 28.4 Å². The number of hydrogen-bond donors (Lipinski definition) is 0. The Hall–Kier alpha value is -3.66. The molecule has 1 aliphatic rings. The number of aromatic nitrogens is 7. The molecule has 0 saturated carbocycles. The SMILES string of the molecule is CCCc1nn(-c2nccn2C)c2c(=O)n(C)c(-c3cc(S(=O)(=O)N4CCN(CC)CC4)cnc3OCCOC)nc12. The van der Waals surface area contributed by atoms with E-state index in [-0.39, 0.29) is 39.8 Å². The molecule has 0 radical (unpaired) electrons. The summed E-state index contributed by atoms with van der Waals surface area (Å²) in [6, 6.07) is 1.49. The van der Waals surface area contributed by atoms with Gasteiger partial charge in [-0.3, -0.25) is 9.36 Å². The summed E-state index contributed by atoms with van der Waals surface area (Å²) in [6.45, 7) is 7.49. The van der Waals surface area contributed by atoms with E-state index in [1.165, 1.54) is 25.8 Å². The number of piperazine rings is 1. The Balaban J connectivity index is 1.68. The molecule has 0 spiro atoms. The van der Waals surface area contributed by atoms with Crippen molar-refractivity contribution in [2.75, 3.05) is 53.0 Å². The van der Waals surface area contributed by atoms with E-state index in [0.717, 1.165) is 13.0 Å². The van der Waals surface area contributed by atoms with Crippen LogP contribution in [0.1, 0.15) is 26.0 Å². The molecule has 0 N–H and O–H groups in total. The van der Waals surface area contributed by atoms with Gasteiger partial charge >= 0.3 is 0 Å². The van der Waals surface area contributed by atoms with Gasteiger partial charge in [0.2, 0.25) is 21.9 Å². The topological polar surface area (TPSA) is 142 Å². The number of aryl methyl sites for hydroxylation is 2. The second-order valence-corrected chi connectivity index (χ2v) is 12.1. The van der Waals surface area contributed by atoms with Crippen molar-refractivity contribution in [1.29, 1.82) is 0 Å². The lowest BCUT2D eigenvalue weighted by molar-refractivity contribution is 0.144. The van der Waals surface area contributed by atoms with Crippen LogP contribution in [0.5, 0.6) is 5.88 Å². The molecule has 14 nitrogen and oxygen atoms in total. The van der Waals surface area contributed by atoms with Gasteiger partial charge in [-0.25, -0.2) is 23.4 Å². The summed E-state index contributed by atoms with van der Waals surface area (Å²) in [4.78, 5) is 29.8. The number of pyridine rings is 1. The van der Waals surface area contributed by atoms with Crippen molar-refractivity contribution in [1.82, 2.24) is 43.1 Å². The zero-order valence-electron chi connectivity index (χ0n) is 24.6. The number of imidazole rings is 1. The Bertz CT molecular complexity index is 1740. The van der Waals surface area contributed by atoms with Gasteiger partial charge in [0.05, 0.1) is 24.1 Å². The number of likely N-dealkylation sites (N-methyl/N-ethyl adjacent to an activating group) is 1. The highest BCUT2D eigenvalue weighted by Gasteiger charge is 2.30. The van der Waals surface area contributed by atoms with Gasteiger partial charge in [-0.15, -0.1) is 0 Å². The van der Waals surface area contributed by atoms with E-state index in [9.17, 15) is 13.2 Å². The lowest BCUT2D eigenvalue weighted by Gasteiger charge is -2.33. The van der Waals surface area contributed by atoms with Gasteiger partial charge in [0, 0.05) is 59.8 Å². The normalized spacial score (nSPS) is 15.1. The smallest absolute Gasteiger partial charge is 0.280 e. The Morgan fingerprint density at radius 3 is 2.45 bits per heavy atom. The maximum Gasteiger partial charge on any atom is 0.280 e. The summed E-state index contributed by atoms with van der Waals surface area (Å²) >= 11 is 0. The molecule has 0 unspecified atom stereocenters. The summed E-state index contributed by atoms with van der Waals surface area (Å²) in [5.74, 6) is 0.852. The number of sulfonamides is 1. The first-order valence-corrected chi connectivity index (χ1v) is 15.5. The van der Waals surface area contributed by atoms with E-state index in [1.54, 1.807) is 31.1 Å². The van der Waals surface area contributed by atoms with Crippen LogP contribution < -0.4 is 10.3 Å². The Labute approximate surface area is 244 Å². The predicted molar refractivity (Wildman–Crippen MR) is 156 cm³/mol. The predicted octanol–water partition coefficient (Wildman–Crippen LogP) is 1.22. The fourth-order valence-corrected chi connectivity index (χ4v) is 6.45. The second kappa shape index (κ2) is 12.3. The summed E-state index contributed by atoms with van der Waals surface area (Å²) in [5.41, 5.74) is 1.27. The van der Waals surface area contributed by atoms with E-state index in [4.69, 9.17) is 19.6 Å². The third-order valence-electron chi connectivity index (χ3n) is 7.45. The van der Waals surface area contributed by atoms with Crippen molar-refractivity contribution in [2.24, 2.45) is 14.1 Å². The molecule has 4 aromatic heterocycles. The van der Waals surface area contributed by atoms with E-state index < -0.39 is 10.0 Å². The van der Waals surface area contributed by atoms with Gasteiger partial charge in [-0.2, -0.15) is 14.1 Å². The molecule has 42 heavy (non-hydrogen) atoms. The number of hydrogen-bond acceptors (Lipinski definition) is 10. The van der Waals surface area contributed by atoms with Crippen molar-refractivity contribution < 1.29 is 17.9 Å². The third kappa shape index (κ3) is 5.44. The monoisotopic (exact) mass is 599 g/mol. The van der Waals surface area contributed by atoms with Crippen LogP contribution >= 0.6 is 0 Å². The molecule has 15 heteroatoms. The molecule has 1 fully saturated rings. The lowest BCUT2D eigenvalue weighted by Crippen LogP contribution is -2.48. The second-order valence-electron chi connectivity index (χ2n) is 10.1. The van der Waals surface area contributed by atoms with Crippen molar-refractivity contribution >= 4 is 21.1 Å². The van der Waals surface area contributed by atoms with E-state index in [0.29, 0.717) is 56.4 Å². The Kier molecular flexibility index (Phi) is 8.73. The first kappa shape index (κ1) is 29.8. The van der Waals surface area contributed by atoms with Crippen molar-refractivity contribution in [3.8, 4) is 23.2 Å². The van der Waals surface area contributed by atoms with Crippen molar-refractivity contribution in [2.45, 2.75) is 31.6 Å². The molecule has 0 amide bonds. The molecule has 226 valence electrons. The first-order valence-electron chi connectivity index (χ1n) is 14.0. The average molecular weight is 600 g/mol. The molecule has 1 saturated heterocycles. The quantitative estimate of drug-likeness (QED) is 0.231. The van der Waals surface area contributed by atoms with Gasteiger partial charge in [0.25, 0.3) is 5.56 Å². The van der Waals surface area contributed by atoms with Crippen LogP contribution in [0.3, 0.4) is 0 Å². The van der Waals surface area contributed by atoms with E-state index in [2.05, 4.69) is 21.8 Å². The van der Waals surface area contributed by atoms with Crippen LogP contribution in [-0.2, 0) is 35.3 Å². The zero-order valence-corrected chi connectivity index (χ0v) is 25.5. The van der Waals surface area contributed by atoms with Gasteiger partial charge in [-0.1, -0.05) is 20.3 Å². The number of ether oxygens (including phenoxy) is 2. The average Bonchev–Trinajstić information content (AvgIpc) is 3.58. The highest BCUT2D eigenvalue weighted by molar-refractivity contribution is 7.89. The highest BCUT2D eigenvalue weighted by Crippen LogP contribution is 2.31. The molecule has 5 heterocycles. The number of nitrogens with zero attached hydrogens (tertiary/aromatic N) is 9. The lowest BCUT2D eigenvalue weighted by atomic mass is 10.2. The minimum Gasteiger partial charge on any atom is -0.475 e. The molecule has 1 aliphatic heterocycles. The van der Waals surface area contributed by atoms with Crippen molar-refractivity contribution in [3.63, 3.8) is 0 Å².